The highest BCUT2D eigenvalue weighted by molar-refractivity contribution is 9.10. The number of likely N-dealkylation sites (tertiary alicyclic amines) is 1. The molecule has 1 aromatic carbocycles. The van der Waals surface area contributed by atoms with Crippen molar-refractivity contribution in [3.8, 4) is 0 Å². The maximum atomic E-state index is 5.99. The van der Waals surface area contributed by atoms with Gasteiger partial charge in [0.05, 0.1) is 0 Å². The van der Waals surface area contributed by atoms with E-state index in [9.17, 15) is 0 Å². The van der Waals surface area contributed by atoms with E-state index in [1.165, 1.54) is 14.9 Å². The summed E-state index contributed by atoms with van der Waals surface area (Å²) in [5.41, 5.74) is 7.42. The molecule has 2 aromatic rings. The Morgan fingerprint density at radius 3 is 2.65 bits per heavy atom. The summed E-state index contributed by atoms with van der Waals surface area (Å²) in [5, 5.41) is 2.14. The lowest BCUT2D eigenvalue weighted by Crippen LogP contribution is -2.23. The Hall–Kier alpha value is -0.680. The summed E-state index contributed by atoms with van der Waals surface area (Å²) in [6.07, 6.45) is 0. The molecule has 0 unspecified atom stereocenters. The summed E-state index contributed by atoms with van der Waals surface area (Å²) in [7, 11) is 0. The number of nitrogens with zero attached hydrogens (tertiary/aromatic N) is 1. The summed E-state index contributed by atoms with van der Waals surface area (Å²) in [6.45, 7) is 4.00. The standard InChI is InChI=1S/C16H19BrN2S/c17-15-6-7-20-16(15)11-19-9-13(8-18)14(10-19)12-4-2-1-3-5-12/h1-7,13-14H,8-11,18H2/t13-,14+/m1/s1. The van der Waals surface area contributed by atoms with Crippen molar-refractivity contribution in [2.45, 2.75) is 12.5 Å². The Morgan fingerprint density at radius 1 is 1.20 bits per heavy atom. The first-order valence-corrected chi connectivity index (χ1v) is 8.64. The zero-order chi connectivity index (χ0) is 13.9. The molecule has 2 heterocycles. The number of halogens is 1. The molecular weight excluding hydrogens is 332 g/mol. The lowest BCUT2D eigenvalue weighted by Gasteiger charge is -2.16. The van der Waals surface area contributed by atoms with Crippen LogP contribution in [-0.4, -0.2) is 24.5 Å². The van der Waals surface area contributed by atoms with Crippen LogP contribution < -0.4 is 5.73 Å². The quantitative estimate of drug-likeness (QED) is 0.910. The SMILES string of the molecule is NC[C@@H]1CN(Cc2sccc2Br)C[C@H]1c1ccccc1. The number of thiophene rings is 1. The van der Waals surface area contributed by atoms with Gasteiger partial charge in [0, 0.05) is 34.9 Å². The van der Waals surface area contributed by atoms with Crippen LogP contribution in [0.5, 0.6) is 0 Å². The molecule has 1 aliphatic rings. The summed E-state index contributed by atoms with van der Waals surface area (Å²) in [6, 6.07) is 12.9. The minimum atomic E-state index is 0.566. The van der Waals surface area contributed by atoms with Gasteiger partial charge in [0.15, 0.2) is 0 Å². The lowest BCUT2D eigenvalue weighted by molar-refractivity contribution is 0.319. The van der Waals surface area contributed by atoms with Crippen LogP contribution in [-0.2, 0) is 6.54 Å². The van der Waals surface area contributed by atoms with Crippen LogP contribution in [0, 0.1) is 5.92 Å². The third kappa shape index (κ3) is 2.98. The van der Waals surface area contributed by atoms with Gasteiger partial charge in [0.2, 0.25) is 0 Å². The van der Waals surface area contributed by atoms with Gasteiger partial charge in [0.25, 0.3) is 0 Å². The number of benzene rings is 1. The fourth-order valence-electron chi connectivity index (χ4n) is 3.05. The molecule has 1 aromatic heterocycles. The molecule has 2 N–H and O–H groups in total. The van der Waals surface area contributed by atoms with Crippen molar-refractivity contribution in [1.29, 1.82) is 0 Å². The van der Waals surface area contributed by atoms with Gasteiger partial charge in [-0.25, -0.2) is 0 Å². The average molecular weight is 351 g/mol. The van der Waals surface area contributed by atoms with Gasteiger partial charge in [-0.1, -0.05) is 30.3 Å². The van der Waals surface area contributed by atoms with E-state index in [4.69, 9.17) is 5.73 Å². The predicted molar refractivity (Wildman–Crippen MR) is 89.0 cm³/mol. The molecule has 3 rings (SSSR count). The molecular formula is C16H19BrN2S. The normalized spacial score (nSPS) is 23.3. The van der Waals surface area contributed by atoms with Gasteiger partial charge in [-0.05, 0) is 45.4 Å². The molecule has 0 radical (unpaired) electrons. The predicted octanol–water partition coefficient (Wildman–Crippen LogP) is 3.68. The highest BCUT2D eigenvalue weighted by atomic mass is 79.9. The Bertz CT molecular complexity index is 555. The van der Waals surface area contributed by atoms with Gasteiger partial charge in [-0.15, -0.1) is 11.3 Å². The summed E-state index contributed by atoms with van der Waals surface area (Å²) in [5.74, 6) is 1.14. The van der Waals surface area contributed by atoms with Gasteiger partial charge in [0.1, 0.15) is 0 Å². The first-order valence-electron chi connectivity index (χ1n) is 6.97. The maximum absolute atomic E-state index is 5.99. The van der Waals surface area contributed by atoms with Crippen molar-refractivity contribution in [1.82, 2.24) is 4.90 Å². The van der Waals surface area contributed by atoms with Crippen molar-refractivity contribution in [2.24, 2.45) is 11.7 Å². The molecule has 0 aliphatic carbocycles. The van der Waals surface area contributed by atoms with Crippen LogP contribution in [0.1, 0.15) is 16.4 Å². The van der Waals surface area contributed by atoms with Crippen molar-refractivity contribution >= 4 is 27.3 Å². The summed E-state index contributed by atoms with van der Waals surface area (Å²) < 4.78 is 1.23. The van der Waals surface area contributed by atoms with E-state index in [-0.39, 0.29) is 0 Å². The van der Waals surface area contributed by atoms with E-state index in [1.54, 1.807) is 0 Å². The van der Waals surface area contributed by atoms with Gasteiger partial charge < -0.3 is 5.73 Å². The fraction of sp³-hybridized carbons (Fsp3) is 0.375. The van der Waals surface area contributed by atoms with Crippen molar-refractivity contribution < 1.29 is 0 Å². The lowest BCUT2D eigenvalue weighted by atomic mass is 9.89. The molecule has 0 saturated carbocycles. The Labute approximate surface area is 132 Å². The highest BCUT2D eigenvalue weighted by Crippen LogP contribution is 2.34. The van der Waals surface area contributed by atoms with Crippen molar-refractivity contribution in [2.75, 3.05) is 19.6 Å². The van der Waals surface area contributed by atoms with E-state index < -0.39 is 0 Å². The molecule has 1 aliphatic heterocycles. The summed E-state index contributed by atoms with van der Waals surface area (Å²) >= 11 is 5.45. The molecule has 0 bridgehead atoms. The number of hydrogen-bond donors (Lipinski definition) is 1. The van der Waals surface area contributed by atoms with Crippen LogP contribution in [0.4, 0.5) is 0 Å². The topological polar surface area (TPSA) is 29.3 Å². The van der Waals surface area contributed by atoms with E-state index >= 15 is 0 Å². The fourth-order valence-corrected chi connectivity index (χ4v) is 4.57. The average Bonchev–Trinajstić information content (AvgIpc) is 3.07. The van der Waals surface area contributed by atoms with Crippen LogP contribution in [0.3, 0.4) is 0 Å². The third-order valence-electron chi connectivity index (χ3n) is 4.11. The van der Waals surface area contributed by atoms with E-state index in [1.807, 2.05) is 11.3 Å². The van der Waals surface area contributed by atoms with Crippen LogP contribution in [0.25, 0.3) is 0 Å². The summed E-state index contributed by atoms with van der Waals surface area (Å²) in [4.78, 5) is 3.95. The zero-order valence-electron chi connectivity index (χ0n) is 11.3. The largest absolute Gasteiger partial charge is 0.330 e. The van der Waals surface area contributed by atoms with E-state index in [0.29, 0.717) is 11.8 Å². The third-order valence-corrected chi connectivity index (χ3v) is 6.02. The van der Waals surface area contributed by atoms with E-state index in [2.05, 4.69) is 62.6 Å². The smallest absolute Gasteiger partial charge is 0.0339 e. The molecule has 4 heteroatoms. The van der Waals surface area contributed by atoms with Crippen LogP contribution >= 0.6 is 27.3 Å². The van der Waals surface area contributed by atoms with Crippen LogP contribution in [0.15, 0.2) is 46.3 Å². The van der Waals surface area contributed by atoms with Gasteiger partial charge in [-0.2, -0.15) is 0 Å². The first kappa shape index (κ1) is 14.3. The molecule has 106 valence electrons. The Morgan fingerprint density at radius 2 is 2.00 bits per heavy atom. The second-order valence-electron chi connectivity index (χ2n) is 5.40. The molecule has 2 atom stereocenters. The van der Waals surface area contributed by atoms with Crippen molar-refractivity contribution in [3.63, 3.8) is 0 Å². The Kier molecular flexibility index (Phi) is 4.56. The highest BCUT2D eigenvalue weighted by Gasteiger charge is 2.32. The molecule has 0 spiro atoms. The van der Waals surface area contributed by atoms with Crippen LogP contribution in [0.2, 0.25) is 0 Å². The number of hydrogen-bond acceptors (Lipinski definition) is 3. The molecule has 1 saturated heterocycles. The monoisotopic (exact) mass is 350 g/mol. The number of rotatable bonds is 4. The maximum Gasteiger partial charge on any atom is 0.0339 e. The Balaban J connectivity index is 1.73. The van der Waals surface area contributed by atoms with Gasteiger partial charge >= 0.3 is 0 Å². The minimum Gasteiger partial charge on any atom is -0.330 e. The molecule has 1 fully saturated rings. The second-order valence-corrected chi connectivity index (χ2v) is 7.25. The molecule has 20 heavy (non-hydrogen) atoms. The number of nitrogens with two attached hydrogens (primary N) is 1. The van der Waals surface area contributed by atoms with Gasteiger partial charge in [-0.3, -0.25) is 4.90 Å². The molecule has 0 amide bonds. The first-order chi connectivity index (χ1) is 9.78. The van der Waals surface area contributed by atoms with Crippen molar-refractivity contribution in [3.05, 3.63) is 56.7 Å². The molecule has 2 nitrogen and oxygen atoms in total. The minimum absolute atomic E-state index is 0.566. The zero-order valence-corrected chi connectivity index (χ0v) is 13.7. The second kappa shape index (κ2) is 6.39. The van der Waals surface area contributed by atoms with E-state index in [0.717, 1.165) is 26.2 Å².